The molecule has 1 aliphatic rings. The van der Waals surface area contributed by atoms with Crippen LogP contribution in [0.2, 0.25) is 0 Å². The highest BCUT2D eigenvalue weighted by atomic mass is 127. The Hall–Kier alpha value is -1.15. The maximum Gasteiger partial charge on any atom is 0.307 e. The van der Waals surface area contributed by atoms with Gasteiger partial charge in [-0.05, 0) is 47.7 Å². The molecule has 1 aliphatic heterocycles. The van der Waals surface area contributed by atoms with Crippen molar-refractivity contribution in [2.45, 2.75) is 6.42 Å². The van der Waals surface area contributed by atoms with Gasteiger partial charge in [-0.3, -0.25) is 14.5 Å². The standard InChI is InChI=1S/C13H15IN2O3/c14-10-3-1-2-4-11(10)15-12(17)8-16-6-5-9(7-16)13(18)19/h1-4,9H,5-8H2,(H,15,17)(H,18,19). The Kier molecular flexibility index (Phi) is 4.76. The Balaban J connectivity index is 1.86. The van der Waals surface area contributed by atoms with E-state index in [1.54, 1.807) is 0 Å². The average molecular weight is 374 g/mol. The van der Waals surface area contributed by atoms with Crippen molar-refractivity contribution in [1.29, 1.82) is 0 Å². The van der Waals surface area contributed by atoms with E-state index in [0.717, 1.165) is 9.26 Å². The number of aliphatic carboxylic acids is 1. The van der Waals surface area contributed by atoms with E-state index >= 15 is 0 Å². The largest absolute Gasteiger partial charge is 0.481 e. The molecule has 1 atom stereocenters. The summed E-state index contributed by atoms with van der Waals surface area (Å²) < 4.78 is 0.985. The zero-order valence-electron chi connectivity index (χ0n) is 10.3. The molecule has 6 heteroatoms. The molecule has 1 aromatic rings. The van der Waals surface area contributed by atoms with Crippen LogP contribution in [0.4, 0.5) is 5.69 Å². The summed E-state index contributed by atoms with van der Waals surface area (Å²) in [5.74, 6) is -1.22. The summed E-state index contributed by atoms with van der Waals surface area (Å²) in [7, 11) is 0. The lowest BCUT2D eigenvalue weighted by molar-refractivity contribution is -0.141. The van der Waals surface area contributed by atoms with Crippen molar-refractivity contribution < 1.29 is 14.7 Å². The molecule has 1 saturated heterocycles. The maximum absolute atomic E-state index is 11.9. The van der Waals surface area contributed by atoms with Crippen molar-refractivity contribution in [2.75, 3.05) is 25.0 Å². The van der Waals surface area contributed by atoms with E-state index < -0.39 is 5.97 Å². The highest BCUT2D eigenvalue weighted by Crippen LogP contribution is 2.18. The molecule has 1 fully saturated rings. The fraction of sp³-hybridized carbons (Fsp3) is 0.385. The number of para-hydroxylation sites is 1. The van der Waals surface area contributed by atoms with Crippen LogP contribution in [0.25, 0.3) is 0 Å². The summed E-state index contributed by atoms with van der Waals surface area (Å²) >= 11 is 2.16. The van der Waals surface area contributed by atoms with Gasteiger partial charge < -0.3 is 10.4 Å². The quantitative estimate of drug-likeness (QED) is 0.787. The molecular weight excluding hydrogens is 359 g/mol. The number of halogens is 1. The van der Waals surface area contributed by atoms with Gasteiger partial charge in [0.25, 0.3) is 0 Å². The van der Waals surface area contributed by atoms with Gasteiger partial charge in [-0.2, -0.15) is 0 Å². The van der Waals surface area contributed by atoms with Crippen molar-refractivity contribution >= 4 is 40.2 Å². The number of likely N-dealkylation sites (tertiary alicyclic amines) is 1. The molecule has 1 unspecified atom stereocenters. The molecule has 19 heavy (non-hydrogen) atoms. The zero-order chi connectivity index (χ0) is 13.8. The Morgan fingerprint density at radius 1 is 1.42 bits per heavy atom. The molecule has 0 spiro atoms. The van der Waals surface area contributed by atoms with E-state index in [4.69, 9.17) is 5.11 Å². The summed E-state index contributed by atoms with van der Waals surface area (Å²) in [6, 6.07) is 7.56. The monoisotopic (exact) mass is 374 g/mol. The lowest BCUT2D eigenvalue weighted by Crippen LogP contribution is -2.32. The number of hydrogen-bond acceptors (Lipinski definition) is 3. The van der Waals surface area contributed by atoms with Gasteiger partial charge in [0.2, 0.25) is 5.91 Å². The van der Waals surface area contributed by atoms with E-state index in [1.807, 2.05) is 29.2 Å². The minimum absolute atomic E-state index is 0.102. The van der Waals surface area contributed by atoms with Gasteiger partial charge in [-0.1, -0.05) is 12.1 Å². The van der Waals surface area contributed by atoms with Crippen LogP contribution < -0.4 is 5.32 Å². The number of carbonyl (C=O) groups excluding carboxylic acids is 1. The van der Waals surface area contributed by atoms with Gasteiger partial charge >= 0.3 is 5.97 Å². The van der Waals surface area contributed by atoms with E-state index in [1.165, 1.54) is 0 Å². The Morgan fingerprint density at radius 2 is 2.16 bits per heavy atom. The number of nitrogens with one attached hydrogen (secondary N) is 1. The Labute approximate surface area is 125 Å². The molecule has 1 amide bonds. The summed E-state index contributed by atoms with van der Waals surface area (Å²) in [6.45, 7) is 1.36. The first kappa shape index (κ1) is 14.3. The first-order valence-electron chi connectivity index (χ1n) is 6.06. The van der Waals surface area contributed by atoms with Gasteiger partial charge in [0.05, 0.1) is 18.2 Å². The second-order valence-corrected chi connectivity index (χ2v) is 5.75. The average Bonchev–Trinajstić information content (AvgIpc) is 2.80. The minimum atomic E-state index is -0.777. The normalized spacial score (nSPS) is 19.3. The highest BCUT2D eigenvalue weighted by Gasteiger charge is 2.28. The van der Waals surface area contributed by atoms with Crippen LogP contribution in [0.3, 0.4) is 0 Å². The molecule has 5 nitrogen and oxygen atoms in total. The number of carboxylic acid groups (broad SMARTS) is 1. The van der Waals surface area contributed by atoms with E-state index in [-0.39, 0.29) is 18.4 Å². The first-order chi connectivity index (χ1) is 9.06. The van der Waals surface area contributed by atoms with Gasteiger partial charge in [-0.25, -0.2) is 0 Å². The molecular formula is C13H15IN2O3. The molecule has 1 aromatic carbocycles. The molecule has 0 saturated carbocycles. The second-order valence-electron chi connectivity index (χ2n) is 4.59. The van der Waals surface area contributed by atoms with Crippen molar-refractivity contribution in [3.05, 3.63) is 27.8 Å². The van der Waals surface area contributed by atoms with Crippen LogP contribution in [0, 0.1) is 9.49 Å². The predicted molar refractivity (Wildman–Crippen MR) is 80.0 cm³/mol. The number of hydrogen-bond donors (Lipinski definition) is 2. The SMILES string of the molecule is O=C(CN1CCC(C(=O)O)C1)Nc1ccccc1I. The number of carbonyl (C=O) groups is 2. The Morgan fingerprint density at radius 3 is 2.79 bits per heavy atom. The predicted octanol–water partition coefficient (Wildman–Crippen LogP) is 1.64. The second kappa shape index (κ2) is 6.33. The fourth-order valence-corrected chi connectivity index (χ4v) is 2.66. The number of benzene rings is 1. The van der Waals surface area contributed by atoms with Gasteiger partial charge in [-0.15, -0.1) is 0 Å². The summed E-state index contributed by atoms with van der Waals surface area (Å²) in [6.07, 6.45) is 0.617. The maximum atomic E-state index is 11.9. The van der Waals surface area contributed by atoms with Crippen LogP contribution in [-0.4, -0.2) is 41.5 Å². The summed E-state index contributed by atoms with van der Waals surface area (Å²) in [5.41, 5.74) is 0.794. The third kappa shape index (κ3) is 3.90. The fourth-order valence-electron chi connectivity index (χ4n) is 2.13. The smallest absolute Gasteiger partial charge is 0.307 e. The van der Waals surface area contributed by atoms with Gasteiger partial charge in [0.15, 0.2) is 0 Å². The summed E-state index contributed by atoms with van der Waals surface area (Å²) in [5, 5.41) is 11.8. The van der Waals surface area contributed by atoms with Crippen LogP contribution in [0.1, 0.15) is 6.42 Å². The molecule has 0 aromatic heterocycles. The van der Waals surface area contributed by atoms with Crippen molar-refractivity contribution in [2.24, 2.45) is 5.92 Å². The number of carboxylic acids is 1. The molecule has 2 rings (SSSR count). The van der Waals surface area contributed by atoms with Gasteiger partial charge in [0.1, 0.15) is 0 Å². The Bertz CT molecular complexity index is 493. The van der Waals surface area contributed by atoms with Gasteiger partial charge in [0, 0.05) is 10.1 Å². The molecule has 2 N–H and O–H groups in total. The van der Waals surface area contributed by atoms with Crippen LogP contribution in [0.15, 0.2) is 24.3 Å². The molecule has 0 bridgehead atoms. The topological polar surface area (TPSA) is 69.6 Å². The summed E-state index contributed by atoms with van der Waals surface area (Å²) in [4.78, 5) is 24.6. The van der Waals surface area contributed by atoms with E-state index in [2.05, 4.69) is 27.9 Å². The minimum Gasteiger partial charge on any atom is -0.481 e. The molecule has 0 aliphatic carbocycles. The lowest BCUT2D eigenvalue weighted by atomic mass is 10.1. The third-order valence-electron chi connectivity index (χ3n) is 3.14. The van der Waals surface area contributed by atoms with Crippen LogP contribution >= 0.6 is 22.6 Å². The first-order valence-corrected chi connectivity index (χ1v) is 7.13. The highest BCUT2D eigenvalue weighted by molar-refractivity contribution is 14.1. The zero-order valence-corrected chi connectivity index (χ0v) is 12.5. The van der Waals surface area contributed by atoms with Crippen molar-refractivity contribution in [3.63, 3.8) is 0 Å². The lowest BCUT2D eigenvalue weighted by Gasteiger charge is -2.15. The van der Waals surface area contributed by atoms with Crippen LogP contribution in [-0.2, 0) is 9.59 Å². The van der Waals surface area contributed by atoms with Crippen molar-refractivity contribution in [3.8, 4) is 0 Å². The molecule has 0 radical (unpaired) electrons. The number of nitrogens with zero attached hydrogens (tertiary/aromatic N) is 1. The number of rotatable bonds is 4. The molecule has 1 heterocycles. The molecule has 102 valence electrons. The number of anilines is 1. The van der Waals surface area contributed by atoms with Crippen molar-refractivity contribution in [1.82, 2.24) is 4.90 Å². The van der Waals surface area contributed by atoms with E-state index in [0.29, 0.717) is 19.5 Å². The third-order valence-corrected chi connectivity index (χ3v) is 4.08. The van der Waals surface area contributed by atoms with Crippen LogP contribution in [0.5, 0.6) is 0 Å². The number of amides is 1. The van der Waals surface area contributed by atoms with E-state index in [9.17, 15) is 9.59 Å².